The van der Waals surface area contributed by atoms with Crippen molar-refractivity contribution in [2.75, 3.05) is 18.4 Å². The Kier molecular flexibility index (Phi) is 7.40. The minimum absolute atomic E-state index is 0.00931. The number of aryl methyl sites for hydroxylation is 1. The van der Waals surface area contributed by atoms with Crippen LogP contribution < -0.4 is 5.32 Å². The van der Waals surface area contributed by atoms with Crippen molar-refractivity contribution < 1.29 is 4.79 Å². The van der Waals surface area contributed by atoms with Crippen molar-refractivity contribution in [1.29, 1.82) is 0 Å². The van der Waals surface area contributed by atoms with Crippen LogP contribution in [0.5, 0.6) is 0 Å². The molecule has 0 spiro atoms. The van der Waals surface area contributed by atoms with Gasteiger partial charge in [-0.1, -0.05) is 32.6 Å². The van der Waals surface area contributed by atoms with Gasteiger partial charge in [0.2, 0.25) is 5.91 Å². The molecule has 0 aliphatic carbocycles. The van der Waals surface area contributed by atoms with Gasteiger partial charge in [-0.25, -0.2) is 4.98 Å². The van der Waals surface area contributed by atoms with E-state index in [0.717, 1.165) is 63.7 Å². The highest BCUT2D eigenvalue weighted by Gasteiger charge is 2.21. The number of carbonyl (C=O) groups excluding carboxylic acids is 1. The fraction of sp³-hybridized carbons (Fsp3) is 0.333. The number of piperidine rings is 1. The first-order valence-electron chi connectivity index (χ1n) is 13.3. The number of amides is 1. The Balaban J connectivity index is 1.47. The van der Waals surface area contributed by atoms with Crippen molar-refractivity contribution >= 4 is 28.2 Å². The molecule has 0 saturated carbocycles. The molecule has 8 nitrogen and oxygen atoms in total. The SMILES string of the molecule is C=C/C=C(\c1nc(-c2n[nH]c3ccc(-c4cncc(NC(=O)CC(C)C)c4)cc23)[nH]c1C)N1CCCCC1. The van der Waals surface area contributed by atoms with E-state index in [4.69, 9.17) is 4.98 Å². The lowest BCUT2D eigenvalue weighted by atomic mass is 10.0. The van der Waals surface area contributed by atoms with Crippen molar-refractivity contribution in [3.8, 4) is 22.6 Å². The van der Waals surface area contributed by atoms with Crippen LogP contribution in [-0.2, 0) is 4.79 Å². The summed E-state index contributed by atoms with van der Waals surface area (Å²) in [5.74, 6) is 1.01. The maximum absolute atomic E-state index is 12.3. The molecule has 0 atom stereocenters. The van der Waals surface area contributed by atoms with Gasteiger partial charge in [0, 0.05) is 42.4 Å². The number of fused-ring (bicyclic) bond motifs is 1. The number of rotatable bonds is 8. The van der Waals surface area contributed by atoms with Crippen LogP contribution in [0.25, 0.3) is 39.2 Å². The van der Waals surface area contributed by atoms with Gasteiger partial charge in [-0.15, -0.1) is 0 Å². The number of likely N-dealkylation sites (tertiary alicyclic amines) is 1. The number of H-pyrrole nitrogens is 2. The predicted molar refractivity (Wildman–Crippen MR) is 153 cm³/mol. The van der Waals surface area contributed by atoms with Gasteiger partial charge in [-0.3, -0.25) is 14.9 Å². The lowest BCUT2D eigenvalue weighted by Gasteiger charge is -2.30. The molecule has 0 bridgehead atoms. The Bertz CT molecular complexity index is 1490. The van der Waals surface area contributed by atoms with Crippen molar-refractivity contribution in [2.45, 2.75) is 46.5 Å². The summed E-state index contributed by atoms with van der Waals surface area (Å²) in [6.45, 7) is 12.1. The fourth-order valence-electron chi connectivity index (χ4n) is 5.03. The molecule has 3 aromatic heterocycles. The molecule has 8 heteroatoms. The molecule has 4 aromatic rings. The second-order valence-electron chi connectivity index (χ2n) is 10.3. The first-order valence-corrected chi connectivity index (χ1v) is 13.3. The summed E-state index contributed by atoms with van der Waals surface area (Å²) in [6.07, 6.45) is 11.5. The average molecular weight is 510 g/mol. The summed E-state index contributed by atoms with van der Waals surface area (Å²) in [7, 11) is 0. The smallest absolute Gasteiger partial charge is 0.224 e. The van der Waals surface area contributed by atoms with E-state index in [1.807, 2.05) is 38.1 Å². The number of allylic oxidation sites excluding steroid dienone is 2. The highest BCUT2D eigenvalue weighted by atomic mass is 16.1. The van der Waals surface area contributed by atoms with E-state index in [9.17, 15) is 4.79 Å². The number of hydrogen-bond donors (Lipinski definition) is 3. The zero-order valence-corrected chi connectivity index (χ0v) is 22.3. The topological polar surface area (TPSA) is 103 Å². The third kappa shape index (κ3) is 5.39. The summed E-state index contributed by atoms with van der Waals surface area (Å²) in [6, 6.07) is 8.08. The number of pyridine rings is 1. The van der Waals surface area contributed by atoms with Crippen LogP contribution in [0.1, 0.15) is 50.9 Å². The van der Waals surface area contributed by atoms with Crippen LogP contribution in [0.4, 0.5) is 5.69 Å². The molecule has 1 aliphatic heterocycles. The lowest BCUT2D eigenvalue weighted by Crippen LogP contribution is -2.28. The molecular formula is C30H35N7O. The number of nitrogens with zero attached hydrogens (tertiary/aromatic N) is 4. The number of carbonyl (C=O) groups is 1. The Morgan fingerprint density at radius 2 is 1.97 bits per heavy atom. The average Bonchev–Trinajstić information content (AvgIpc) is 3.50. The molecule has 1 saturated heterocycles. The van der Waals surface area contributed by atoms with Crippen LogP contribution in [0, 0.1) is 12.8 Å². The molecule has 0 radical (unpaired) electrons. The van der Waals surface area contributed by atoms with Gasteiger partial charge in [0.15, 0.2) is 5.82 Å². The summed E-state index contributed by atoms with van der Waals surface area (Å²) >= 11 is 0. The second kappa shape index (κ2) is 11.0. The van der Waals surface area contributed by atoms with Crippen molar-refractivity contribution in [1.82, 2.24) is 30.0 Å². The van der Waals surface area contributed by atoms with E-state index < -0.39 is 0 Å². The van der Waals surface area contributed by atoms with Gasteiger partial charge < -0.3 is 15.2 Å². The zero-order valence-electron chi connectivity index (χ0n) is 22.3. The molecule has 1 aromatic carbocycles. The van der Waals surface area contributed by atoms with Crippen molar-refractivity contribution in [2.24, 2.45) is 5.92 Å². The van der Waals surface area contributed by atoms with Gasteiger partial charge in [0.05, 0.1) is 23.1 Å². The van der Waals surface area contributed by atoms with E-state index in [1.165, 1.54) is 19.3 Å². The Morgan fingerprint density at radius 3 is 2.74 bits per heavy atom. The largest absolute Gasteiger partial charge is 0.370 e. The Hall–Kier alpha value is -4.20. The summed E-state index contributed by atoms with van der Waals surface area (Å²) in [5, 5.41) is 11.7. The number of hydrogen-bond acceptors (Lipinski definition) is 5. The summed E-state index contributed by atoms with van der Waals surface area (Å²) < 4.78 is 0. The van der Waals surface area contributed by atoms with Crippen molar-refractivity contribution in [3.05, 3.63) is 66.8 Å². The number of benzene rings is 1. The van der Waals surface area contributed by atoms with Gasteiger partial charge in [0.25, 0.3) is 0 Å². The first kappa shape index (κ1) is 25.4. The minimum atomic E-state index is -0.00931. The molecule has 38 heavy (non-hydrogen) atoms. The maximum atomic E-state index is 12.3. The van der Waals surface area contributed by atoms with Crippen molar-refractivity contribution in [3.63, 3.8) is 0 Å². The second-order valence-corrected chi connectivity index (χ2v) is 10.3. The van der Waals surface area contributed by atoms with Gasteiger partial charge in [-0.05, 0) is 61.9 Å². The summed E-state index contributed by atoms with van der Waals surface area (Å²) in [4.78, 5) is 27.5. The van der Waals surface area contributed by atoms with Crippen LogP contribution >= 0.6 is 0 Å². The molecule has 5 rings (SSSR count). The van der Waals surface area contributed by atoms with E-state index in [2.05, 4.69) is 56.0 Å². The lowest BCUT2D eigenvalue weighted by molar-refractivity contribution is -0.116. The van der Waals surface area contributed by atoms with Crippen LogP contribution in [-0.4, -0.2) is 49.0 Å². The molecule has 196 valence electrons. The standard InChI is InChI=1S/C30H35N7O/c1-5-9-26(37-12-7-6-8-13-37)28-20(4)32-30(34-28)29-24-16-21(10-11-25(24)35-36-29)22-15-23(18-31-17-22)33-27(38)14-19(2)3/h5,9-11,15-19H,1,6-8,12-14H2,2-4H3,(H,32,34)(H,33,38)(H,35,36)/b26-9+. The van der Waals surface area contributed by atoms with Crippen LogP contribution in [0.3, 0.4) is 0 Å². The number of imidazole rings is 1. The van der Waals surface area contributed by atoms with Gasteiger partial charge in [0.1, 0.15) is 11.4 Å². The number of nitrogens with one attached hydrogen (secondary N) is 3. The van der Waals surface area contributed by atoms with E-state index in [0.29, 0.717) is 18.0 Å². The van der Waals surface area contributed by atoms with E-state index in [1.54, 1.807) is 12.4 Å². The number of aromatic amines is 2. The summed E-state index contributed by atoms with van der Waals surface area (Å²) in [5.41, 5.74) is 7.31. The predicted octanol–water partition coefficient (Wildman–Crippen LogP) is 6.32. The third-order valence-corrected chi connectivity index (χ3v) is 6.84. The van der Waals surface area contributed by atoms with Crippen LogP contribution in [0.15, 0.2) is 55.4 Å². The molecule has 0 unspecified atom stereocenters. The van der Waals surface area contributed by atoms with E-state index in [-0.39, 0.29) is 5.91 Å². The number of anilines is 1. The molecule has 1 aliphatic rings. The quantitative estimate of drug-likeness (QED) is 0.241. The third-order valence-electron chi connectivity index (χ3n) is 6.84. The molecule has 1 fully saturated rings. The molecule has 1 amide bonds. The van der Waals surface area contributed by atoms with Crippen LogP contribution in [0.2, 0.25) is 0 Å². The first-order chi connectivity index (χ1) is 18.4. The normalized spacial score (nSPS) is 14.3. The van der Waals surface area contributed by atoms with Gasteiger partial charge in [-0.2, -0.15) is 5.10 Å². The zero-order chi connectivity index (χ0) is 26.6. The highest BCUT2D eigenvalue weighted by Crippen LogP contribution is 2.32. The molecule has 4 heterocycles. The van der Waals surface area contributed by atoms with E-state index >= 15 is 0 Å². The monoisotopic (exact) mass is 509 g/mol. The molecule has 3 N–H and O–H groups in total. The Labute approximate surface area is 223 Å². The number of aromatic nitrogens is 5. The maximum Gasteiger partial charge on any atom is 0.224 e. The Morgan fingerprint density at radius 1 is 1.16 bits per heavy atom. The van der Waals surface area contributed by atoms with Gasteiger partial charge >= 0.3 is 0 Å². The fourth-order valence-corrected chi connectivity index (χ4v) is 5.03. The highest BCUT2D eigenvalue weighted by molar-refractivity contribution is 5.95. The minimum Gasteiger partial charge on any atom is -0.370 e. The molecular weight excluding hydrogens is 474 g/mol.